The van der Waals surface area contributed by atoms with Gasteiger partial charge in [-0.2, -0.15) is 4.31 Å². The van der Waals surface area contributed by atoms with E-state index in [0.29, 0.717) is 17.3 Å². The molecule has 0 atom stereocenters. The quantitative estimate of drug-likeness (QED) is 0.792. The number of aryl methyl sites for hydroxylation is 1. The van der Waals surface area contributed by atoms with E-state index in [1.165, 1.54) is 15.6 Å². The third-order valence-electron chi connectivity index (χ3n) is 2.90. The smallest absolute Gasteiger partial charge is 0.244 e. The van der Waals surface area contributed by atoms with Crippen LogP contribution in [-0.2, 0) is 22.4 Å². The molecule has 20 heavy (non-hydrogen) atoms. The summed E-state index contributed by atoms with van der Waals surface area (Å²) >= 11 is 7.18. The monoisotopic (exact) mass is 330 g/mol. The van der Waals surface area contributed by atoms with Gasteiger partial charge < -0.3 is 0 Å². The van der Waals surface area contributed by atoms with Crippen molar-refractivity contribution >= 4 is 33.0 Å². The standard InChI is InChI=1S/C13H15ClN2O2S2/c1-10-13(7-12(8-14)19-10)20(17,18)16(2)9-11-3-5-15-6-4-11/h3-7H,8-9H2,1-2H3. The molecule has 0 spiro atoms. The number of aromatic nitrogens is 1. The molecule has 2 aromatic heterocycles. The molecule has 0 N–H and O–H groups in total. The summed E-state index contributed by atoms with van der Waals surface area (Å²) in [5.74, 6) is 0.328. The van der Waals surface area contributed by atoms with Gasteiger partial charge in [0.2, 0.25) is 10.0 Å². The van der Waals surface area contributed by atoms with Gasteiger partial charge in [0, 0.05) is 35.7 Å². The third kappa shape index (κ3) is 3.20. The van der Waals surface area contributed by atoms with Crippen LogP contribution in [0.3, 0.4) is 0 Å². The summed E-state index contributed by atoms with van der Waals surface area (Å²) in [5, 5.41) is 0. The predicted molar refractivity (Wildman–Crippen MR) is 81.5 cm³/mol. The minimum absolute atomic E-state index is 0.316. The Bertz CT molecular complexity index is 684. The van der Waals surface area contributed by atoms with Gasteiger partial charge in [0.05, 0.1) is 10.8 Å². The Hall–Kier alpha value is -0.950. The summed E-state index contributed by atoms with van der Waals surface area (Å²) in [5.41, 5.74) is 0.900. The van der Waals surface area contributed by atoms with Gasteiger partial charge in [-0.3, -0.25) is 4.98 Å². The molecule has 7 heteroatoms. The van der Waals surface area contributed by atoms with Gasteiger partial charge >= 0.3 is 0 Å². The second-order valence-corrected chi connectivity index (χ2v) is 8.00. The van der Waals surface area contributed by atoms with Crippen molar-refractivity contribution in [3.05, 3.63) is 45.9 Å². The highest BCUT2D eigenvalue weighted by molar-refractivity contribution is 7.89. The molecule has 0 fully saturated rings. The molecular weight excluding hydrogens is 316 g/mol. The average Bonchev–Trinajstić information content (AvgIpc) is 2.82. The summed E-state index contributed by atoms with van der Waals surface area (Å²) in [4.78, 5) is 5.89. The van der Waals surface area contributed by atoms with Crippen LogP contribution in [0, 0.1) is 6.92 Å². The van der Waals surface area contributed by atoms with Crippen molar-refractivity contribution in [1.82, 2.24) is 9.29 Å². The molecule has 0 saturated heterocycles. The lowest BCUT2D eigenvalue weighted by atomic mass is 10.3. The first-order chi connectivity index (χ1) is 9.45. The van der Waals surface area contributed by atoms with E-state index in [1.807, 2.05) is 0 Å². The minimum Gasteiger partial charge on any atom is -0.265 e. The number of hydrogen-bond donors (Lipinski definition) is 0. The molecule has 0 aromatic carbocycles. The number of nitrogens with zero attached hydrogens (tertiary/aromatic N) is 2. The zero-order valence-electron chi connectivity index (χ0n) is 11.2. The summed E-state index contributed by atoms with van der Waals surface area (Å²) in [6.07, 6.45) is 3.30. The zero-order valence-corrected chi connectivity index (χ0v) is 13.6. The Morgan fingerprint density at radius 3 is 2.55 bits per heavy atom. The van der Waals surface area contributed by atoms with Crippen LogP contribution in [0.15, 0.2) is 35.5 Å². The van der Waals surface area contributed by atoms with Crippen molar-refractivity contribution in [2.75, 3.05) is 7.05 Å². The molecule has 0 aliphatic heterocycles. The van der Waals surface area contributed by atoms with Gasteiger partial charge in [0.1, 0.15) is 0 Å². The van der Waals surface area contributed by atoms with Crippen LogP contribution < -0.4 is 0 Å². The maximum absolute atomic E-state index is 12.6. The Morgan fingerprint density at radius 1 is 1.35 bits per heavy atom. The van der Waals surface area contributed by atoms with Crippen LogP contribution in [0.4, 0.5) is 0 Å². The normalized spacial score (nSPS) is 12.0. The van der Waals surface area contributed by atoms with Crippen molar-refractivity contribution in [3.63, 3.8) is 0 Å². The SMILES string of the molecule is Cc1sc(CCl)cc1S(=O)(=O)N(C)Cc1ccncc1. The van der Waals surface area contributed by atoms with Gasteiger partial charge in [-0.25, -0.2) is 8.42 Å². The topological polar surface area (TPSA) is 50.3 Å². The van der Waals surface area contributed by atoms with Crippen molar-refractivity contribution in [3.8, 4) is 0 Å². The molecule has 2 heterocycles. The summed E-state index contributed by atoms with van der Waals surface area (Å²) in [7, 11) is -1.92. The molecule has 2 rings (SSSR count). The van der Waals surface area contributed by atoms with E-state index >= 15 is 0 Å². The van der Waals surface area contributed by atoms with Gasteiger partial charge in [0.25, 0.3) is 0 Å². The summed E-state index contributed by atoms with van der Waals surface area (Å²) in [6, 6.07) is 5.26. The lowest BCUT2D eigenvalue weighted by Crippen LogP contribution is -2.26. The largest absolute Gasteiger partial charge is 0.265 e. The van der Waals surface area contributed by atoms with E-state index in [4.69, 9.17) is 11.6 Å². The fraction of sp³-hybridized carbons (Fsp3) is 0.308. The van der Waals surface area contributed by atoms with E-state index in [2.05, 4.69) is 4.98 Å². The highest BCUT2D eigenvalue weighted by Gasteiger charge is 2.24. The van der Waals surface area contributed by atoms with Crippen molar-refractivity contribution < 1.29 is 8.42 Å². The van der Waals surface area contributed by atoms with E-state index in [1.54, 1.807) is 44.6 Å². The number of halogens is 1. The number of thiophene rings is 1. The van der Waals surface area contributed by atoms with Crippen LogP contribution in [0.1, 0.15) is 15.3 Å². The zero-order chi connectivity index (χ0) is 14.8. The molecule has 0 amide bonds. The number of hydrogen-bond acceptors (Lipinski definition) is 4. The van der Waals surface area contributed by atoms with Crippen LogP contribution in [0.25, 0.3) is 0 Å². The van der Waals surface area contributed by atoms with E-state index < -0.39 is 10.0 Å². The molecule has 0 unspecified atom stereocenters. The van der Waals surface area contributed by atoms with Crippen LogP contribution in [-0.4, -0.2) is 24.8 Å². The number of rotatable bonds is 5. The van der Waals surface area contributed by atoms with Crippen LogP contribution >= 0.6 is 22.9 Å². The molecule has 2 aromatic rings. The maximum atomic E-state index is 12.6. The fourth-order valence-electron chi connectivity index (χ4n) is 1.84. The van der Waals surface area contributed by atoms with Gasteiger partial charge in [-0.15, -0.1) is 22.9 Å². The maximum Gasteiger partial charge on any atom is 0.244 e. The van der Waals surface area contributed by atoms with Crippen LogP contribution in [0.2, 0.25) is 0 Å². The molecule has 4 nitrogen and oxygen atoms in total. The summed E-state index contributed by atoms with van der Waals surface area (Å²) < 4.78 is 26.5. The lowest BCUT2D eigenvalue weighted by Gasteiger charge is -2.17. The van der Waals surface area contributed by atoms with E-state index in [-0.39, 0.29) is 0 Å². The molecule has 0 aliphatic carbocycles. The molecule has 0 saturated carbocycles. The Morgan fingerprint density at radius 2 is 2.00 bits per heavy atom. The highest BCUT2D eigenvalue weighted by Crippen LogP contribution is 2.29. The second kappa shape index (κ2) is 6.22. The average molecular weight is 331 g/mol. The van der Waals surface area contributed by atoms with Crippen molar-refractivity contribution in [1.29, 1.82) is 0 Å². The first kappa shape index (κ1) is 15.4. The van der Waals surface area contributed by atoms with E-state index in [0.717, 1.165) is 15.3 Å². The third-order valence-corrected chi connectivity index (χ3v) is 6.45. The lowest BCUT2D eigenvalue weighted by molar-refractivity contribution is 0.466. The van der Waals surface area contributed by atoms with Crippen molar-refractivity contribution in [2.45, 2.75) is 24.2 Å². The fourth-order valence-corrected chi connectivity index (χ4v) is 4.69. The second-order valence-electron chi connectivity index (χ2n) is 4.38. The highest BCUT2D eigenvalue weighted by atomic mass is 35.5. The molecule has 0 bridgehead atoms. The number of sulfonamides is 1. The van der Waals surface area contributed by atoms with Crippen molar-refractivity contribution in [2.24, 2.45) is 0 Å². The summed E-state index contributed by atoms with van der Waals surface area (Å²) in [6.45, 7) is 2.12. The number of pyridine rings is 1. The first-order valence-corrected chi connectivity index (χ1v) is 8.74. The van der Waals surface area contributed by atoms with E-state index in [9.17, 15) is 8.42 Å². The Labute approximate surface area is 128 Å². The van der Waals surface area contributed by atoms with Crippen LogP contribution in [0.5, 0.6) is 0 Å². The molecular formula is C13H15ClN2O2S2. The van der Waals surface area contributed by atoms with Gasteiger partial charge in [-0.05, 0) is 30.7 Å². The molecule has 108 valence electrons. The Kier molecular flexibility index (Phi) is 4.80. The molecule has 0 radical (unpaired) electrons. The first-order valence-electron chi connectivity index (χ1n) is 5.95. The predicted octanol–water partition coefficient (Wildman–Crippen LogP) is 3.01. The van der Waals surface area contributed by atoms with Gasteiger partial charge in [-0.1, -0.05) is 0 Å². The number of alkyl halides is 1. The van der Waals surface area contributed by atoms with Gasteiger partial charge in [0.15, 0.2) is 0 Å². The molecule has 0 aliphatic rings. The minimum atomic E-state index is -3.49. The Balaban J connectivity index is 2.27.